The molecule has 2 radical (unpaired) electrons. The Morgan fingerprint density at radius 2 is 1.45 bits per heavy atom. The van der Waals surface area contributed by atoms with Crippen LogP contribution in [0.2, 0.25) is 0 Å². The van der Waals surface area contributed by atoms with Gasteiger partial charge in [-0.2, -0.15) is 0 Å². The van der Waals surface area contributed by atoms with Gasteiger partial charge in [0.05, 0.1) is 14.2 Å². The highest BCUT2D eigenvalue weighted by Gasteiger charge is 2.22. The van der Waals surface area contributed by atoms with E-state index in [1.54, 1.807) is 12.1 Å². The molecule has 1 rings (SSSR count). The predicted molar refractivity (Wildman–Crippen MR) is 71.8 cm³/mol. The Hall–Kier alpha value is -2.31. The van der Waals surface area contributed by atoms with Gasteiger partial charge in [0.25, 0.3) is 5.91 Å². The number of hydrogen-bond donors (Lipinski definition) is 0. The molecule has 6 nitrogen and oxygen atoms in total. The van der Waals surface area contributed by atoms with Crippen LogP contribution in [0, 0.1) is 0 Å². The smallest absolute Gasteiger partial charge is 0.325 e. The summed E-state index contributed by atoms with van der Waals surface area (Å²) in [6.45, 7) is -0.677. The number of carbonyl (C=O) groups is 3. The number of benzene rings is 1. The summed E-state index contributed by atoms with van der Waals surface area (Å²) in [7, 11) is 7.94. The van der Waals surface area contributed by atoms with E-state index in [1.165, 1.54) is 26.4 Å². The minimum absolute atomic E-state index is 0.312. The zero-order valence-electron chi connectivity index (χ0n) is 11.3. The summed E-state index contributed by atoms with van der Waals surface area (Å²) in [5.41, 5.74) is 0.820. The molecule has 1 amide bonds. The highest BCUT2D eigenvalue weighted by atomic mass is 16.5. The van der Waals surface area contributed by atoms with E-state index >= 15 is 0 Å². The molecule has 0 heterocycles. The van der Waals surface area contributed by atoms with Crippen LogP contribution in [0.3, 0.4) is 0 Å². The van der Waals surface area contributed by atoms with Gasteiger partial charge in [-0.3, -0.25) is 14.4 Å². The summed E-state index contributed by atoms with van der Waals surface area (Å²) >= 11 is 0. The third-order valence-electron chi connectivity index (χ3n) is 2.54. The highest BCUT2D eigenvalue weighted by Crippen LogP contribution is 2.04. The topological polar surface area (TPSA) is 72.9 Å². The molecule has 0 fully saturated rings. The van der Waals surface area contributed by atoms with Crippen molar-refractivity contribution in [3.8, 4) is 0 Å². The zero-order valence-corrected chi connectivity index (χ0v) is 11.3. The molecule has 1 aromatic carbocycles. The third kappa shape index (κ3) is 4.42. The van der Waals surface area contributed by atoms with Gasteiger partial charge in [-0.05, 0) is 0 Å². The quantitative estimate of drug-likeness (QED) is 0.523. The van der Waals surface area contributed by atoms with Gasteiger partial charge in [0.1, 0.15) is 20.9 Å². The molecule has 7 heteroatoms. The molecule has 0 saturated heterocycles. The molecule has 104 valence electrons. The maximum atomic E-state index is 12.2. The lowest BCUT2D eigenvalue weighted by Gasteiger charge is -2.20. The Kier molecular flexibility index (Phi) is 5.77. The lowest BCUT2D eigenvalue weighted by molar-refractivity contribution is -0.144. The Balaban J connectivity index is 2.90. The van der Waals surface area contributed by atoms with Crippen LogP contribution in [-0.4, -0.2) is 57.9 Å². The van der Waals surface area contributed by atoms with Crippen LogP contribution in [0.4, 0.5) is 0 Å². The first-order valence-corrected chi connectivity index (χ1v) is 5.76. The fourth-order valence-electron chi connectivity index (χ4n) is 1.45. The number of ether oxygens (including phenoxy) is 2. The number of methoxy groups -OCH3 is 2. The summed E-state index contributed by atoms with van der Waals surface area (Å²) in [5, 5.41) is 0. The molecular weight excluding hydrogens is 261 g/mol. The van der Waals surface area contributed by atoms with Crippen molar-refractivity contribution in [2.24, 2.45) is 0 Å². The van der Waals surface area contributed by atoms with Crippen LogP contribution in [0.1, 0.15) is 10.4 Å². The second-order valence-corrected chi connectivity index (χ2v) is 3.94. The molecule has 0 atom stereocenters. The van der Waals surface area contributed by atoms with Crippen molar-refractivity contribution >= 4 is 31.2 Å². The van der Waals surface area contributed by atoms with Crippen LogP contribution in [-0.2, 0) is 19.1 Å². The Bertz CT molecular complexity index is 482. The normalized spacial score (nSPS) is 9.70. The van der Waals surface area contributed by atoms with E-state index in [9.17, 15) is 14.4 Å². The van der Waals surface area contributed by atoms with Crippen molar-refractivity contribution in [2.75, 3.05) is 27.3 Å². The molecule has 0 aromatic heterocycles. The Morgan fingerprint density at radius 3 is 1.85 bits per heavy atom. The number of nitrogens with zero attached hydrogens (tertiary/aromatic N) is 1. The third-order valence-corrected chi connectivity index (χ3v) is 2.54. The molecule has 0 spiro atoms. The monoisotopic (exact) mass is 275 g/mol. The second kappa shape index (κ2) is 7.32. The lowest BCUT2D eigenvalue weighted by atomic mass is 9.95. The van der Waals surface area contributed by atoms with Crippen molar-refractivity contribution in [1.29, 1.82) is 0 Å². The maximum Gasteiger partial charge on any atom is 0.325 e. The lowest BCUT2D eigenvalue weighted by Crippen LogP contribution is -2.40. The van der Waals surface area contributed by atoms with Crippen LogP contribution in [0.15, 0.2) is 24.3 Å². The van der Waals surface area contributed by atoms with E-state index in [0.29, 0.717) is 11.0 Å². The van der Waals surface area contributed by atoms with E-state index in [1.807, 2.05) is 0 Å². The summed E-state index contributed by atoms with van der Waals surface area (Å²) in [5.74, 6) is -1.74. The SMILES string of the molecule is [B]c1ccc(C(=O)N(CC(=O)OC)CC(=O)OC)cc1. The number of hydrogen-bond acceptors (Lipinski definition) is 5. The first kappa shape index (κ1) is 15.8. The molecule has 0 N–H and O–H groups in total. The molecule has 0 aliphatic carbocycles. The number of amides is 1. The average Bonchev–Trinajstić information content (AvgIpc) is 2.46. The summed E-state index contributed by atoms with van der Waals surface area (Å²) in [6, 6.07) is 6.14. The average molecular weight is 275 g/mol. The molecular formula is C13H14BNO5. The second-order valence-electron chi connectivity index (χ2n) is 3.94. The van der Waals surface area contributed by atoms with Gasteiger partial charge in [-0.1, -0.05) is 29.7 Å². The van der Waals surface area contributed by atoms with Crippen LogP contribution >= 0.6 is 0 Å². The minimum Gasteiger partial charge on any atom is -0.468 e. The van der Waals surface area contributed by atoms with Crippen LogP contribution < -0.4 is 5.46 Å². The Labute approximate surface area is 118 Å². The molecule has 0 aliphatic rings. The highest BCUT2D eigenvalue weighted by molar-refractivity contribution is 6.32. The van der Waals surface area contributed by atoms with Gasteiger partial charge < -0.3 is 14.4 Å². The summed E-state index contributed by atoms with van der Waals surface area (Å²) < 4.78 is 8.99. The molecule has 0 unspecified atom stereocenters. The zero-order chi connectivity index (χ0) is 15.1. The van der Waals surface area contributed by atoms with Crippen molar-refractivity contribution < 1.29 is 23.9 Å². The standard InChI is InChI=1S/C13H14BNO5/c1-19-11(16)7-15(8-12(17)20-2)13(18)9-3-5-10(14)6-4-9/h3-6H,7-8H2,1-2H3. The van der Waals surface area contributed by atoms with Crippen LogP contribution in [0.25, 0.3) is 0 Å². The molecule has 0 aliphatic heterocycles. The number of carbonyl (C=O) groups excluding carboxylic acids is 3. The van der Waals surface area contributed by atoms with Gasteiger partial charge >= 0.3 is 11.9 Å². The predicted octanol–water partition coefficient (Wildman–Crippen LogP) is -0.731. The summed E-state index contributed by atoms with van der Waals surface area (Å²) in [4.78, 5) is 35.9. The van der Waals surface area contributed by atoms with Gasteiger partial charge in [-0.15, -0.1) is 0 Å². The number of rotatable bonds is 5. The van der Waals surface area contributed by atoms with E-state index in [-0.39, 0.29) is 13.1 Å². The number of esters is 2. The van der Waals surface area contributed by atoms with Crippen molar-refractivity contribution in [1.82, 2.24) is 4.90 Å². The minimum atomic E-state index is -0.627. The van der Waals surface area contributed by atoms with Gasteiger partial charge in [-0.25, -0.2) is 0 Å². The van der Waals surface area contributed by atoms with E-state index in [0.717, 1.165) is 4.90 Å². The van der Waals surface area contributed by atoms with Crippen LogP contribution in [0.5, 0.6) is 0 Å². The maximum absolute atomic E-state index is 12.2. The first-order valence-electron chi connectivity index (χ1n) is 5.76. The Morgan fingerprint density at radius 1 is 1.00 bits per heavy atom. The van der Waals surface area contributed by atoms with Gasteiger partial charge in [0.2, 0.25) is 0 Å². The summed E-state index contributed by atoms with van der Waals surface area (Å²) in [6.07, 6.45) is 0. The molecule has 0 saturated carbocycles. The fourth-order valence-corrected chi connectivity index (χ4v) is 1.45. The van der Waals surface area contributed by atoms with Gasteiger partial charge in [0.15, 0.2) is 0 Å². The van der Waals surface area contributed by atoms with Gasteiger partial charge in [0, 0.05) is 5.56 Å². The molecule has 1 aromatic rings. The first-order chi connectivity index (χ1) is 9.47. The van der Waals surface area contributed by atoms with E-state index in [2.05, 4.69) is 9.47 Å². The van der Waals surface area contributed by atoms with E-state index < -0.39 is 17.8 Å². The van der Waals surface area contributed by atoms with Crippen molar-refractivity contribution in [3.05, 3.63) is 29.8 Å². The fraction of sp³-hybridized carbons (Fsp3) is 0.308. The molecule has 0 bridgehead atoms. The van der Waals surface area contributed by atoms with Crippen molar-refractivity contribution in [3.63, 3.8) is 0 Å². The molecule has 20 heavy (non-hydrogen) atoms. The van der Waals surface area contributed by atoms with Crippen molar-refractivity contribution in [2.45, 2.75) is 0 Å². The largest absolute Gasteiger partial charge is 0.468 e. The van der Waals surface area contributed by atoms with E-state index in [4.69, 9.17) is 7.85 Å².